The zero-order valence-electron chi connectivity index (χ0n) is 15.9. The fourth-order valence-corrected chi connectivity index (χ4v) is 2.64. The molecule has 4 N–H and O–H groups in total. The third kappa shape index (κ3) is 9.43. The van der Waals surface area contributed by atoms with Crippen LogP contribution in [0.25, 0.3) is 0 Å². The summed E-state index contributed by atoms with van der Waals surface area (Å²) in [7, 11) is 0. The molecule has 154 valence electrons. The molecule has 1 aromatic heterocycles. The van der Waals surface area contributed by atoms with Crippen LogP contribution in [0.3, 0.4) is 0 Å². The lowest BCUT2D eigenvalue weighted by Gasteiger charge is -2.21. The minimum Gasteiger partial charge on any atom is -0.454 e. The number of hydrogen-bond acceptors (Lipinski definition) is 5. The Kier molecular flexibility index (Phi) is 12.1. The number of aliphatic imine (C=N–C) groups is 1. The maximum atomic E-state index is 11.0. The van der Waals surface area contributed by atoms with Gasteiger partial charge in [-0.25, -0.2) is 4.99 Å². The van der Waals surface area contributed by atoms with E-state index in [0.29, 0.717) is 24.2 Å². The van der Waals surface area contributed by atoms with E-state index in [1.165, 1.54) is 0 Å². The molecule has 0 aliphatic carbocycles. The van der Waals surface area contributed by atoms with Crippen LogP contribution >= 0.6 is 24.0 Å². The second-order valence-corrected chi connectivity index (χ2v) is 6.24. The molecule has 0 radical (unpaired) electrons. The topological polar surface area (TPSA) is 111 Å². The van der Waals surface area contributed by atoms with E-state index in [-0.39, 0.29) is 29.7 Å². The molecule has 0 bridgehead atoms. The monoisotopic (exact) mass is 494 g/mol. The van der Waals surface area contributed by atoms with E-state index in [1.54, 1.807) is 12.1 Å². The lowest BCUT2D eigenvalue weighted by molar-refractivity contribution is 0.0203. The summed E-state index contributed by atoms with van der Waals surface area (Å²) in [4.78, 5) is 15.5. The number of primary amides is 1. The predicted octanol–water partition coefficient (Wildman–Crippen LogP) is 1.88. The van der Waals surface area contributed by atoms with Crippen molar-refractivity contribution in [3.63, 3.8) is 0 Å². The number of nitrogens with zero attached hydrogens (tertiary/aromatic N) is 1. The van der Waals surface area contributed by atoms with Crippen LogP contribution in [0.1, 0.15) is 42.5 Å². The lowest BCUT2D eigenvalue weighted by Crippen LogP contribution is -2.38. The summed E-state index contributed by atoms with van der Waals surface area (Å²) in [5.41, 5.74) is 5.17. The molecule has 0 spiro atoms. The number of amides is 1. The van der Waals surface area contributed by atoms with Crippen molar-refractivity contribution in [2.45, 2.75) is 32.7 Å². The molecule has 1 fully saturated rings. The first-order valence-electron chi connectivity index (χ1n) is 9.25. The van der Waals surface area contributed by atoms with Crippen molar-refractivity contribution < 1.29 is 18.7 Å². The molecule has 1 aliphatic heterocycles. The van der Waals surface area contributed by atoms with Crippen LogP contribution in [-0.4, -0.2) is 51.4 Å². The van der Waals surface area contributed by atoms with Gasteiger partial charge < -0.3 is 30.3 Å². The molecule has 9 heteroatoms. The highest BCUT2D eigenvalue weighted by molar-refractivity contribution is 14.0. The number of carbonyl (C=O) groups excluding carboxylic acids is 1. The van der Waals surface area contributed by atoms with Crippen LogP contribution in [0.15, 0.2) is 21.5 Å². The molecule has 1 saturated heterocycles. The maximum absolute atomic E-state index is 11.0. The van der Waals surface area contributed by atoms with Crippen LogP contribution in [-0.2, 0) is 16.0 Å². The van der Waals surface area contributed by atoms with Gasteiger partial charge in [0.05, 0.1) is 0 Å². The SMILES string of the molecule is CCNC(=NCc1ccc(C(N)=O)o1)NCCCOCC1CCOCC1.I. The third-order valence-corrected chi connectivity index (χ3v) is 4.09. The van der Waals surface area contributed by atoms with E-state index >= 15 is 0 Å². The Morgan fingerprint density at radius 2 is 2.11 bits per heavy atom. The summed E-state index contributed by atoms with van der Waals surface area (Å²) in [6.07, 6.45) is 3.10. The van der Waals surface area contributed by atoms with E-state index in [2.05, 4.69) is 15.6 Å². The minimum atomic E-state index is -0.578. The number of guanidine groups is 1. The molecule has 0 atom stereocenters. The number of furan rings is 1. The molecule has 0 saturated carbocycles. The Labute approximate surface area is 177 Å². The van der Waals surface area contributed by atoms with Crippen molar-refractivity contribution in [3.05, 3.63) is 23.7 Å². The Bertz CT molecular complexity index is 573. The van der Waals surface area contributed by atoms with Gasteiger partial charge in [-0.15, -0.1) is 24.0 Å². The van der Waals surface area contributed by atoms with E-state index in [9.17, 15) is 4.79 Å². The first-order valence-corrected chi connectivity index (χ1v) is 9.25. The van der Waals surface area contributed by atoms with Crippen molar-refractivity contribution in [2.24, 2.45) is 16.6 Å². The van der Waals surface area contributed by atoms with Crippen molar-refractivity contribution in [3.8, 4) is 0 Å². The van der Waals surface area contributed by atoms with Crippen molar-refractivity contribution in [1.29, 1.82) is 0 Å². The summed E-state index contributed by atoms with van der Waals surface area (Å²) in [5.74, 6) is 1.50. The molecular formula is C18H31IN4O4. The molecule has 2 heterocycles. The quantitative estimate of drug-likeness (QED) is 0.198. The van der Waals surface area contributed by atoms with Gasteiger partial charge in [-0.2, -0.15) is 0 Å². The molecule has 1 aromatic rings. The largest absolute Gasteiger partial charge is 0.454 e. The van der Waals surface area contributed by atoms with Gasteiger partial charge in [-0.05, 0) is 44.2 Å². The van der Waals surface area contributed by atoms with Gasteiger partial charge in [0, 0.05) is 39.5 Å². The summed E-state index contributed by atoms with van der Waals surface area (Å²) < 4.78 is 16.4. The second kappa shape index (κ2) is 13.8. The number of ether oxygens (including phenoxy) is 2. The standard InChI is InChI=1S/C18H30N4O4.HI/c1-2-20-18(22-12-15-4-5-16(26-15)17(19)23)21-8-3-9-25-13-14-6-10-24-11-7-14;/h4-5,14H,2-3,6-13H2,1H3,(H2,19,23)(H2,20,21,22);1H. The number of nitrogens with one attached hydrogen (secondary N) is 2. The zero-order valence-corrected chi connectivity index (χ0v) is 18.2. The average Bonchev–Trinajstić information content (AvgIpc) is 3.12. The van der Waals surface area contributed by atoms with Crippen LogP contribution in [0, 0.1) is 5.92 Å². The summed E-state index contributed by atoms with van der Waals surface area (Å²) >= 11 is 0. The Morgan fingerprint density at radius 3 is 2.78 bits per heavy atom. The smallest absolute Gasteiger partial charge is 0.284 e. The number of halogens is 1. The fraction of sp³-hybridized carbons (Fsp3) is 0.667. The summed E-state index contributed by atoms with van der Waals surface area (Å²) in [6, 6.07) is 3.26. The predicted molar refractivity (Wildman–Crippen MR) is 114 cm³/mol. The van der Waals surface area contributed by atoms with Crippen molar-refractivity contribution in [2.75, 3.05) is 39.5 Å². The van der Waals surface area contributed by atoms with Gasteiger partial charge in [0.1, 0.15) is 12.3 Å². The molecule has 2 rings (SSSR count). The zero-order chi connectivity index (χ0) is 18.6. The molecule has 0 aromatic carbocycles. The number of carbonyl (C=O) groups is 1. The lowest BCUT2D eigenvalue weighted by atomic mass is 10.0. The highest BCUT2D eigenvalue weighted by Gasteiger charge is 2.13. The Morgan fingerprint density at radius 1 is 1.33 bits per heavy atom. The first-order chi connectivity index (χ1) is 12.7. The normalized spacial score (nSPS) is 15.2. The highest BCUT2D eigenvalue weighted by atomic mass is 127. The van der Waals surface area contributed by atoms with Crippen LogP contribution in [0.2, 0.25) is 0 Å². The summed E-state index contributed by atoms with van der Waals surface area (Å²) in [6.45, 7) is 7.13. The third-order valence-electron chi connectivity index (χ3n) is 4.09. The molecular weight excluding hydrogens is 463 g/mol. The van der Waals surface area contributed by atoms with E-state index in [0.717, 1.165) is 58.8 Å². The Balaban J connectivity index is 0.00000364. The van der Waals surface area contributed by atoms with Crippen LogP contribution in [0.4, 0.5) is 0 Å². The van der Waals surface area contributed by atoms with Crippen molar-refractivity contribution >= 4 is 35.8 Å². The molecule has 1 aliphatic rings. The maximum Gasteiger partial charge on any atom is 0.284 e. The molecule has 0 unspecified atom stereocenters. The highest BCUT2D eigenvalue weighted by Crippen LogP contribution is 2.14. The molecule has 27 heavy (non-hydrogen) atoms. The van der Waals surface area contributed by atoms with Gasteiger partial charge in [-0.1, -0.05) is 0 Å². The van der Waals surface area contributed by atoms with Gasteiger partial charge in [0.25, 0.3) is 5.91 Å². The second-order valence-electron chi connectivity index (χ2n) is 6.24. The van der Waals surface area contributed by atoms with Gasteiger partial charge in [-0.3, -0.25) is 4.79 Å². The minimum absolute atomic E-state index is 0. The van der Waals surface area contributed by atoms with Crippen LogP contribution < -0.4 is 16.4 Å². The van der Waals surface area contributed by atoms with Crippen LogP contribution in [0.5, 0.6) is 0 Å². The average molecular weight is 494 g/mol. The summed E-state index contributed by atoms with van der Waals surface area (Å²) in [5, 5.41) is 6.44. The molecule has 8 nitrogen and oxygen atoms in total. The number of hydrogen-bond donors (Lipinski definition) is 3. The van der Waals surface area contributed by atoms with Crippen molar-refractivity contribution in [1.82, 2.24) is 10.6 Å². The van der Waals surface area contributed by atoms with E-state index < -0.39 is 5.91 Å². The van der Waals surface area contributed by atoms with E-state index in [4.69, 9.17) is 19.6 Å². The first kappa shape index (κ1) is 23.7. The van der Waals surface area contributed by atoms with Gasteiger partial charge in [0.15, 0.2) is 11.7 Å². The molecule has 1 amide bonds. The number of rotatable bonds is 10. The Hall–Kier alpha value is -1.33. The van der Waals surface area contributed by atoms with E-state index in [1.807, 2.05) is 6.92 Å². The number of nitrogens with two attached hydrogens (primary N) is 1. The van der Waals surface area contributed by atoms with Gasteiger partial charge in [0.2, 0.25) is 0 Å². The fourth-order valence-electron chi connectivity index (χ4n) is 2.64. The van der Waals surface area contributed by atoms with Gasteiger partial charge >= 0.3 is 0 Å².